The second-order valence-corrected chi connectivity index (χ2v) is 8.56. The van der Waals surface area contributed by atoms with Crippen molar-refractivity contribution in [3.63, 3.8) is 0 Å². The van der Waals surface area contributed by atoms with Crippen LogP contribution < -0.4 is 4.74 Å². The van der Waals surface area contributed by atoms with Crippen molar-refractivity contribution < 1.29 is 9.53 Å². The van der Waals surface area contributed by atoms with Crippen molar-refractivity contribution in [1.82, 2.24) is 14.8 Å². The third-order valence-corrected chi connectivity index (χ3v) is 6.31. The Morgan fingerprint density at radius 1 is 1.03 bits per heavy atom. The first-order valence-electron chi connectivity index (χ1n) is 9.03. The molecule has 0 fully saturated rings. The Bertz CT molecular complexity index is 1120. The van der Waals surface area contributed by atoms with E-state index in [1.165, 1.54) is 23.1 Å². The summed E-state index contributed by atoms with van der Waals surface area (Å²) >= 11 is 2.92. The van der Waals surface area contributed by atoms with E-state index in [2.05, 4.69) is 10.2 Å². The standard InChI is InChI=1S/C22H19N3O2S2/c1-15-8-13-20(29-15)19(26)14-28-22-24-23-21(16-9-11-18(27-2)12-10-16)25(22)17-6-4-3-5-7-17/h3-13H,14H2,1-2H3. The normalized spacial score (nSPS) is 10.8. The molecule has 29 heavy (non-hydrogen) atoms. The molecule has 0 aliphatic rings. The molecule has 0 radical (unpaired) electrons. The Balaban J connectivity index is 1.66. The second-order valence-electron chi connectivity index (χ2n) is 6.33. The predicted octanol–water partition coefficient (Wildman–Crippen LogP) is 5.29. The van der Waals surface area contributed by atoms with Gasteiger partial charge in [-0.05, 0) is 55.5 Å². The number of Topliss-reactive ketones (excluding diaryl/α,β-unsaturated/α-hetero) is 1. The van der Waals surface area contributed by atoms with E-state index in [9.17, 15) is 4.79 Å². The first kappa shape index (κ1) is 19.4. The smallest absolute Gasteiger partial charge is 0.196 e. The largest absolute Gasteiger partial charge is 0.497 e. The van der Waals surface area contributed by atoms with Crippen LogP contribution in [0.5, 0.6) is 5.75 Å². The Labute approximate surface area is 177 Å². The van der Waals surface area contributed by atoms with Gasteiger partial charge in [-0.15, -0.1) is 21.5 Å². The fourth-order valence-corrected chi connectivity index (χ4v) is 4.62. The minimum absolute atomic E-state index is 0.0988. The fourth-order valence-electron chi connectivity index (χ4n) is 2.89. The number of benzene rings is 2. The summed E-state index contributed by atoms with van der Waals surface area (Å²) < 4.78 is 7.24. The van der Waals surface area contributed by atoms with Crippen LogP contribution in [0, 0.1) is 6.92 Å². The number of aromatic nitrogens is 3. The highest BCUT2D eigenvalue weighted by Gasteiger charge is 2.18. The number of rotatable bonds is 7. The molecule has 7 heteroatoms. The summed E-state index contributed by atoms with van der Waals surface area (Å²) in [6.45, 7) is 2.00. The van der Waals surface area contributed by atoms with E-state index in [1.54, 1.807) is 7.11 Å². The summed E-state index contributed by atoms with van der Waals surface area (Å²) in [5, 5.41) is 9.48. The third kappa shape index (κ3) is 4.26. The number of carbonyl (C=O) groups excluding carboxylic acids is 1. The topological polar surface area (TPSA) is 57.0 Å². The fraction of sp³-hybridized carbons (Fsp3) is 0.136. The van der Waals surface area contributed by atoms with Crippen LogP contribution in [0.2, 0.25) is 0 Å². The Kier molecular flexibility index (Phi) is 5.78. The lowest BCUT2D eigenvalue weighted by molar-refractivity contribution is 0.102. The van der Waals surface area contributed by atoms with Crippen LogP contribution in [0.15, 0.2) is 71.9 Å². The molecule has 0 amide bonds. The van der Waals surface area contributed by atoms with Crippen molar-refractivity contribution >= 4 is 28.9 Å². The molecule has 0 saturated carbocycles. The van der Waals surface area contributed by atoms with Gasteiger partial charge in [-0.3, -0.25) is 9.36 Å². The molecule has 0 saturated heterocycles. The van der Waals surface area contributed by atoms with Gasteiger partial charge in [0.15, 0.2) is 16.8 Å². The Morgan fingerprint density at radius 2 is 1.79 bits per heavy atom. The zero-order valence-electron chi connectivity index (χ0n) is 16.0. The molecule has 0 aliphatic heterocycles. The highest BCUT2D eigenvalue weighted by atomic mass is 32.2. The molecular weight excluding hydrogens is 402 g/mol. The van der Waals surface area contributed by atoms with Crippen molar-refractivity contribution in [2.24, 2.45) is 0 Å². The Hall–Kier alpha value is -2.90. The van der Waals surface area contributed by atoms with E-state index in [4.69, 9.17) is 4.74 Å². The van der Waals surface area contributed by atoms with Crippen LogP contribution in [0.4, 0.5) is 0 Å². The number of methoxy groups -OCH3 is 1. The van der Waals surface area contributed by atoms with Gasteiger partial charge in [-0.1, -0.05) is 30.0 Å². The molecule has 0 spiro atoms. The lowest BCUT2D eigenvalue weighted by Gasteiger charge is -2.10. The number of aryl methyl sites for hydroxylation is 1. The number of ether oxygens (including phenoxy) is 1. The van der Waals surface area contributed by atoms with Crippen molar-refractivity contribution in [3.05, 3.63) is 76.5 Å². The van der Waals surface area contributed by atoms with Gasteiger partial charge in [-0.2, -0.15) is 0 Å². The molecule has 0 atom stereocenters. The highest BCUT2D eigenvalue weighted by Crippen LogP contribution is 2.29. The van der Waals surface area contributed by atoms with Crippen LogP contribution in [0.1, 0.15) is 14.5 Å². The maximum absolute atomic E-state index is 12.5. The number of hydrogen-bond donors (Lipinski definition) is 0. The summed E-state index contributed by atoms with van der Waals surface area (Å²) in [6.07, 6.45) is 0. The van der Waals surface area contributed by atoms with Crippen LogP contribution >= 0.6 is 23.1 Å². The van der Waals surface area contributed by atoms with Gasteiger partial charge < -0.3 is 4.74 Å². The zero-order valence-corrected chi connectivity index (χ0v) is 17.7. The molecule has 2 aromatic heterocycles. The molecule has 2 heterocycles. The number of nitrogens with zero attached hydrogens (tertiary/aromatic N) is 3. The first-order valence-corrected chi connectivity index (χ1v) is 10.8. The number of hydrogen-bond acceptors (Lipinski definition) is 6. The van der Waals surface area contributed by atoms with E-state index in [1.807, 2.05) is 78.2 Å². The van der Waals surface area contributed by atoms with Gasteiger partial charge in [0, 0.05) is 16.1 Å². The molecule has 5 nitrogen and oxygen atoms in total. The average molecular weight is 422 g/mol. The van der Waals surface area contributed by atoms with E-state index < -0.39 is 0 Å². The molecule has 0 aliphatic carbocycles. The monoisotopic (exact) mass is 421 g/mol. The molecule has 146 valence electrons. The van der Waals surface area contributed by atoms with E-state index in [0.717, 1.165) is 32.6 Å². The number of thiophene rings is 1. The lowest BCUT2D eigenvalue weighted by atomic mass is 10.2. The van der Waals surface area contributed by atoms with Crippen LogP contribution in [-0.2, 0) is 0 Å². The molecule has 4 aromatic rings. The maximum atomic E-state index is 12.5. The maximum Gasteiger partial charge on any atom is 0.196 e. The van der Waals surface area contributed by atoms with Gasteiger partial charge in [0.05, 0.1) is 17.7 Å². The van der Waals surface area contributed by atoms with Crippen molar-refractivity contribution in [2.45, 2.75) is 12.1 Å². The van der Waals surface area contributed by atoms with Crippen molar-refractivity contribution in [1.29, 1.82) is 0 Å². The average Bonchev–Trinajstić information content (AvgIpc) is 3.39. The quantitative estimate of drug-likeness (QED) is 0.300. The number of carbonyl (C=O) groups is 1. The molecule has 0 unspecified atom stereocenters. The van der Waals surface area contributed by atoms with Crippen molar-refractivity contribution in [2.75, 3.05) is 12.9 Å². The van der Waals surface area contributed by atoms with Crippen LogP contribution in [0.25, 0.3) is 17.1 Å². The summed E-state index contributed by atoms with van der Waals surface area (Å²) in [4.78, 5) is 14.5. The van der Waals surface area contributed by atoms with E-state index in [-0.39, 0.29) is 5.78 Å². The molecule has 0 bridgehead atoms. The molecule has 2 aromatic carbocycles. The van der Waals surface area contributed by atoms with Crippen LogP contribution in [0.3, 0.4) is 0 Å². The minimum Gasteiger partial charge on any atom is -0.497 e. The number of ketones is 1. The third-order valence-electron chi connectivity index (χ3n) is 4.34. The number of para-hydroxylation sites is 1. The minimum atomic E-state index is 0.0988. The zero-order chi connectivity index (χ0) is 20.2. The highest BCUT2D eigenvalue weighted by molar-refractivity contribution is 7.99. The summed E-state index contributed by atoms with van der Waals surface area (Å²) in [7, 11) is 1.64. The molecule has 4 rings (SSSR count). The van der Waals surface area contributed by atoms with Gasteiger partial charge >= 0.3 is 0 Å². The lowest BCUT2D eigenvalue weighted by Crippen LogP contribution is -2.03. The van der Waals surface area contributed by atoms with Crippen LogP contribution in [-0.4, -0.2) is 33.4 Å². The van der Waals surface area contributed by atoms with E-state index in [0.29, 0.717) is 10.9 Å². The predicted molar refractivity (Wildman–Crippen MR) is 117 cm³/mol. The first-order chi connectivity index (χ1) is 14.2. The van der Waals surface area contributed by atoms with Gasteiger partial charge in [0.25, 0.3) is 0 Å². The SMILES string of the molecule is COc1ccc(-c2nnc(SCC(=O)c3ccc(C)s3)n2-c2ccccc2)cc1. The van der Waals surface area contributed by atoms with E-state index >= 15 is 0 Å². The van der Waals surface area contributed by atoms with Gasteiger partial charge in [0.1, 0.15) is 5.75 Å². The van der Waals surface area contributed by atoms with Gasteiger partial charge in [-0.25, -0.2) is 0 Å². The van der Waals surface area contributed by atoms with Crippen molar-refractivity contribution in [3.8, 4) is 22.8 Å². The summed E-state index contributed by atoms with van der Waals surface area (Å²) in [5.41, 5.74) is 1.87. The molecular formula is C22H19N3O2S2. The van der Waals surface area contributed by atoms with Gasteiger partial charge in [0.2, 0.25) is 0 Å². The summed E-state index contributed by atoms with van der Waals surface area (Å²) in [6, 6.07) is 21.5. The second kappa shape index (κ2) is 8.63. The number of thioether (sulfide) groups is 1. The Morgan fingerprint density at radius 3 is 2.45 bits per heavy atom. The molecule has 0 N–H and O–H groups in total. The summed E-state index contributed by atoms with van der Waals surface area (Å²) in [5.74, 6) is 1.92.